The fourth-order valence-electron chi connectivity index (χ4n) is 3.79. The molecule has 2 amide bonds. The molecule has 0 bridgehead atoms. The van der Waals surface area contributed by atoms with Crippen molar-refractivity contribution in [3.63, 3.8) is 0 Å². The number of rotatable bonds is 5. The first-order chi connectivity index (χ1) is 14.6. The SMILES string of the molecule is Cc1ccccc1C[NH+]1CCN(C(=O)c2cccc(NC(=O)c3cccs3)c2)CC1. The Hall–Kier alpha value is -2.96. The molecule has 0 radical (unpaired) electrons. The molecule has 0 aliphatic carbocycles. The maximum absolute atomic E-state index is 13.0. The highest BCUT2D eigenvalue weighted by Gasteiger charge is 2.25. The lowest BCUT2D eigenvalue weighted by atomic mass is 10.1. The molecule has 1 saturated heterocycles. The molecule has 2 aromatic carbocycles. The molecule has 1 aliphatic heterocycles. The minimum atomic E-state index is -0.150. The van der Waals surface area contributed by atoms with E-state index in [2.05, 4.69) is 36.5 Å². The third-order valence-corrected chi connectivity index (χ3v) is 6.44. The number of anilines is 1. The number of benzene rings is 2. The van der Waals surface area contributed by atoms with Crippen LogP contribution in [0.15, 0.2) is 66.0 Å². The van der Waals surface area contributed by atoms with Gasteiger partial charge in [-0.1, -0.05) is 36.4 Å². The van der Waals surface area contributed by atoms with E-state index in [0.29, 0.717) is 16.1 Å². The first-order valence-electron chi connectivity index (χ1n) is 10.2. The van der Waals surface area contributed by atoms with Crippen LogP contribution in [0.5, 0.6) is 0 Å². The molecular weight excluding hydrogens is 394 g/mol. The number of nitrogens with zero attached hydrogens (tertiary/aromatic N) is 1. The van der Waals surface area contributed by atoms with E-state index in [9.17, 15) is 9.59 Å². The van der Waals surface area contributed by atoms with Crippen LogP contribution in [0.4, 0.5) is 5.69 Å². The van der Waals surface area contributed by atoms with Crippen LogP contribution in [-0.2, 0) is 6.54 Å². The van der Waals surface area contributed by atoms with Crippen LogP contribution in [0, 0.1) is 6.92 Å². The van der Waals surface area contributed by atoms with Crippen LogP contribution in [-0.4, -0.2) is 42.9 Å². The van der Waals surface area contributed by atoms with Crippen LogP contribution < -0.4 is 10.2 Å². The maximum Gasteiger partial charge on any atom is 0.265 e. The van der Waals surface area contributed by atoms with Crippen molar-refractivity contribution in [2.45, 2.75) is 13.5 Å². The Bertz CT molecular complexity index is 1020. The van der Waals surface area contributed by atoms with E-state index in [1.165, 1.54) is 27.4 Å². The maximum atomic E-state index is 13.0. The number of amides is 2. The number of hydrogen-bond acceptors (Lipinski definition) is 3. The number of piperazine rings is 1. The molecule has 30 heavy (non-hydrogen) atoms. The van der Waals surface area contributed by atoms with E-state index >= 15 is 0 Å². The highest BCUT2D eigenvalue weighted by atomic mass is 32.1. The largest absolute Gasteiger partial charge is 0.328 e. The zero-order valence-corrected chi connectivity index (χ0v) is 17.9. The minimum Gasteiger partial charge on any atom is -0.328 e. The summed E-state index contributed by atoms with van der Waals surface area (Å²) < 4.78 is 0. The Kier molecular flexibility index (Phi) is 6.26. The molecule has 1 aliphatic rings. The fourth-order valence-corrected chi connectivity index (χ4v) is 4.41. The predicted molar refractivity (Wildman–Crippen MR) is 120 cm³/mol. The standard InChI is InChI=1S/C24H25N3O2S/c1-18-6-2-3-7-20(18)17-26-11-13-27(14-12-26)24(29)19-8-4-9-21(16-19)25-23(28)22-10-5-15-30-22/h2-10,15-16H,11-14,17H2,1H3,(H,25,28)/p+1. The lowest BCUT2D eigenvalue weighted by Gasteiger charge is -2.32. The molecule has 0 unspecified atom stereocenters. The van der Waals surface area contributed by atoms with E-state index in [1.54, 1.807) is 12.1 Å². The van der Waals surface area contributed by atoms with Gasteiger partial charge in [-0.2, -0.15) is 0 Å². The molecule has 3 aromatic rings. The van der Waals surface area contributed by atoms with Crippen LogP contribution in [0.3, 0.4) is 0 Å². The van der Waals surface area contributed by atoms with Crippen molar-refractivity contribution in [3.8, 4) is 0 Å². The van der Waals surface area contributed by atoms with Gasteiger partial charge in [0.2, 0.25) is 0 Å². The Morgan fingerprint density at radius 2 is 1.83 bits per heavy atom. The summed E-state index contributed by atoms with van der Waals surface area (Å²) in [4.78, 5) is 29.3. The Labute approximate surface area is 180 Å². The first kappa shape index (κ1) is 20.3. The summed E-state index contributed by atoms with van der Waals surface area (Å²) in [5.41, 5.74) is 3.95. The molecule has 5 nitrogen and oxygen atoms in total. The Balaban J connectivity index is 1.35. The molecule has 1 aromatic heterocycles. The van der Waals surface area contributed by atoms with Crippen molar-refractivity contribution in [2.24, 2.45) is 0 Å². The van der Waals surface area contributed by atoms with Crippen LogP contribution in [0.25, 0.3) is 0 Å². The van der Waals surface area contributed by atoms with Crippen molar-refractivity contribution in [3.05, 3.63) is 87.6 Å². The third kappa shape index (κ3) is 4.78. The molecule has 0 atom stereocenters. The van der Waals surface area contributed by atoms with Gasteiger partial charge in [-0.25, -0.2) is 0 Å². The van der Waals surface area contributed by atoms with Gasteiger partial charge in [-0.15, -0.1) is 11.3 Å². The van der Waals surface area contributed by atoms with E-state index in [-0.39, 0.29) is 11.8 Å². The van der Waals surface area contributed by atoms with Gasteiger partial charge >= 0.3 is 0 Å². The summed E-state index contributed by atoms with van der Waals surface area (Å²) in [6.45, 7) is 6.51. The second-order valence-electron chi connectivity index (χ2n) is 7.66. The summed E-state index contributed by atoms with van der Waals surface area (Å²) >= 11 is 1.40. The number of carbonyl (C=O) groups is 2. The first-order valence-corrected chi connectivity index (χ1v) is 11.1. The van der Waals surface area contributed by atoms with Gasteiger partial charge in [-0.3, -0.25) is 9.59 Å². The molecule has 0 saturated carbocycles. The zero-order chi connectivity index (χ0) is 20.9. The minimum absolute atomic E-state index is 0.0252. The van der Waals surface area contributed by atoms with Crippen molar-refractivity contribution in [2.75, 3.05) is 31.5 Å². The second kappa shape index (κ2) is 9.24. The number of quaternary nitrogens is 1. The lowest BCUT2D eigenvalue weighted by molar-refractivity contribution is -0.917. The van der Waals surface area contributed by atoms with Crippen LogP contribution >= 0.6 is 11.3 Å². The highest BCUT2D eigenvalue weighted by molar-refractivity contribution is 7.12. The summed E-state index contributed by atoms with van der Waals surface area (Å²) in [5, 5.41) is 4.75. The topological polar surface area (TPSA) is 53.9 Å². The van der Waals surface area contributed by atoms with E-state index in [0.717, 1.165) is 32.7 Å². The number of nitrogens with one attached hydrogen (secondary N) is 2. The number of carbonyl (C=O) groups excluding carboxylic acids is 2. The summed E-state index contributed by atoms with van der Waals surface area (Å²) in [7, 11) is 0. The smallest absolute Gasteiger partial charge is 0.265 e. The molecule has 2 N–H and O–H groups in total. The molecular formula is C24H26N3O2S+. The van der Waals surface area contributed by atoms with Gasteiger partial charge in [0.15, 0.2) is 0 Å². The average molecular weight is 421 g/mol. The van der Waals surface area contributed by atoms with Gasteiger partial charge < -0.3 is 15.1 Å². The highest BCUT2D eigenvalue weighted by Crippen LogP contribution is 2.16. The Morgan fingerprint density at radius 3 is 2.57 bits per heavy atom. The number of hydrogen-bond donors (Lipinski definition) is 2. The molecule has 4 rings (SSSR count). The average Bonchev–Trinajstić information content (AvgIpc) is 3.31. The molecule has 0 spiro atoms. The van der Waals surface area contributed by atoms with E-state index in [1.807, 2.05) is 34.5 Å². The predicted octanol–water partition coefficient (Wildman–Crippen LogP) is 2.85. The number of thiophene rings is 1. The summed E-state index contributed by atoms with van der Waals surface area (Å²) in [6, 6.07) is 19.3. The quantitative estimate of drug-likeness (QED) is 0.667. The third-order valence-electron chi connectivity index (χ3n) is 5.57. The van der Waals surface area contributed by atoms with Gasteiger partial charge in [0.25, 0.3) is 11.8 Å². The van der Waals surface area contributed by atoms with Crippen LogP contribution in [0.1, 0.15) is 31.2 Å². The molecule has 2 heterocycles. The van der Waals surface area contributed by atoms with Gasteiger partial charge in [0.05, 0.1) is 31.1 Å². The van der Waals surface area contributed by atoms with Gasteiger partial charge in [0, 0.05) is 16.8 Å². The monoisotopic (exact) mass is 420 g/mol. The van der Waals surface area contributed by atoms with E-state index < -0.39 is 0 Å². The molecule has 1 fully saturated rings. The normalized spacial score (nSPS) is 14.5. The zero-order valence-electron chi connectivity index (χ0n) is 17.1. The molecule has 154 valence electrons. The van der Waals surface area contributed by atoms with Gasteiger partial charge in [0.1, 0.15) is 6.54 Å². The van der Waals surface area contributed by atoms with Crippen LogP contribution in [0.2, 0.25) is 0 Å². The lowest BCUT2D eigenvalue weighted by Crippen LogP contribution is -3.13. The van der Waals surface area contributed by atoms with Crippen molar-refractivity contribution in [1.82, 2.24) is 4.90 Å². The van der Waals surface area contributed by atoms with Crippen molar-refractivity contribution < 1.29 is 14.5 Å². The van der Waals surface area contributed by atoms with E-state index in [4.69, 9.17) is 0 Å². The van der Waals surface area contributed by atoms with Gasteiger partial charge in [-0.05, 0) is 42.1 Å². The number of aryl methyl sites for hydroxylation is 1. The summed E-state index contributed by atoms with van der Waals surface area (Å²) in [5.74, 6) is -0.125. The fraction of sp³-hybridized carbons (Fsp3) is 0.250. The molecule has 6 heteroatoms. The van der Waals surface area contributed by atoms with Crippen molar-refractivity contribution in [1.29, 1.82) is 0 Å². The van der Waals surface area contributed by atoms with Crippen molar-refractivity contribution >= 4 is 28.8 Å². The second-order valence-corrected chi connectivity index (χ2v) is 8.61. The summed E-state index contributed by atoms with van der Waals surface area (Å²) in [6.07, 6.45) is 0. The Morgan fingerprint density at radius 1 is 1.03 bits per heavy atom.